The summed E-state index contributed by atoms with van der Waals surface area (Å²) in [5.74, 6) is 2.21. The summed E-state index contributed by atoms with van der Waals surface area (Å²) in [5, 5.41) is 4.38. The largest absolute Gasteiger partial charge is 0.316 e. The van der Waals surface area contributed by atoms with Crippen LogP contribution in [0.3, 0.4) is 0 Å². The van der Waals surface area contributed by atoms with Crippen LogP contribution in [0.1, 0.15) is 52.4 Å². The van der Waals surface area contributed by atoms with Crippen molar-refractivity contribution in [3.63, 3.8) is 0 Å². The molecule has 90 valence electrons. The number of thioether (sulfide) groups is 1. The first-order valence-corrected chi connectivity index (χ1v) is 7.57. The van der Waals surface area contributed by atoms with Crippen LogP contribution in [-0.4, -0.2) is 24.1 Å². The fourth-order valence-corrected chi connectivity index (χ4v) is 4.01. The quantitative estimate of drug-likeness (QED) is 0.722. The maximum atomic E-state index is 3.51. The lowest BCUT2D eigenvalue weighted by molar-refractivity contribution is 0.509. The minimum absolute atomic E-state index is 0.768. The van der Waals surface area contributed by atoms with Crippen molar-refractivity contribution >= 4 is 11.8 Å². The third-order valence-electron chi connectivity index (χ3n) is 3.35. The standard InChI is InChI=1S/C13H27NS/c1-11(2)9-10-15-13-8-6-4-5-7-12(13)14-3/h11-14H,4-10H2,1-3H3. The third-order valence-corrected chi connectivity index (χ3v) is 4.81. The summed E-state index contributed by atoms with van der Waals surface area (Å²) >= 11 is 2.21. The molecule has 0 aromatic rings. The molecular formula is C13H27NS. The van der Waals surface area contributed by atoms with E-state index in [0.29, 0.717) is 0 Å². The molecule has 0 heterocycles. The molecule has 2 unspecified atom stereocenters. The van der Waals surface area contributed by atoms with Crippen LogP contribution in [0.4, 0.5) is 0 Å². The van der Waals surface area contributed by atoms with E-state index in [1.54, 1.807) is 0 Å². The fourth-order valence-electron chi connectivity index (χ4n) is 2.26. The number of nitrogens with one attached hydrogen (secondary N) is 1. The number of rotatable bonds is 5. The lowest BCUT2D eigenvalue weighted by atomic mass is 10.1. The Bertz CT molecular complexity index is 159. The molecule has 1 nitrogen and oxygen atoms in total. The Balaban J connectivity index is 2.28. The van der Waals surface area contributed by atoms with Crippen molar-refractivity contribution in [3.8, 4) is 0 Å². The molecule has 1 saturated carbocycles. The summed E-state index contributed by atoms with van der Waals surface area (Å²) in [4.78, 5) is 0. The first kappa shape index (κ1) is 13.4. The molecule has 1 fully saturated rings. The van der Waals surface area contributed by atoms with Gasteiger partial charge in [-0.2, -0.15) is 11.8 Å². The van der Waals surface area contributed by atoms with Crippen LogP contribution in [0.15, 0.2) is 0 Å². The summed E-state index contributed by atoms with van der Waals surface area (Å²) in [6, 6.07) is 0.768. The van der Waals surface area contributed by atoms with E-state index in [0.717, 1.165) is 17.2 Å². The van der Waals surface area contributed by atoms with E-state index in [4.69, 9.17) is 0 Å². The zero-order valence-corrected chi connectivity index (χ0v) is 11.4. The minimum atomic E-state index is 0.768. The SMILES string of the molecule is CNC1CCCCCC1SCCC(C)C. The summed E-state index contributed by atoms with van der Waals surface area (Å²) in [6.07, 6.45) is 8.49. The molecule has 0 spiro atoms. The van der Waals surface area contributed by atoms with Gasteiger partial charge in [-0.3, -0.25) is 0 Å². The second-order valence-electron chi connectivity index (χ2n) is 5.12. The maximum absolute atomic E-state index is 3.51. The average molecular weight is 229 g/mol. The van der Waals surface area contributed by atoms with Crippen LogP contribution in [0.5, 0.6) is 0 Å². The highest BCUT2D eigenvalue weighted by Gasteiger charge is 2.22. The maximum Gasteiger partial charge on any atom is 0.0201 e. The molecule has 2 heteroatoms. The lowest BCUT2D eigenvalue weighted by Crippen LogP contribution is -2.34. The van der Waals surface area contributed by atoms with Crippen molar-refractivity contribution in [2.45, 2.75) is 63.7 Å². The van der Waals surface area contributed by atoms with Crippen LogP contribution in [0, 0.1) is 5.92 Å². The van der Waals surface area contributed by atoms with E-state index in [9.17, 15) is 0 Å². The van der Waals surface area contributed by atoms with Gasteiger partial charge < -0.3 is 5.32 Å². The zero-order valence-electron chi connectivity index (χ0n) is 10.6. The molecule has 15 heavy (non-hydrogen) atoms. The van der Waals surface area contributed by atoms with E-state index >= 15 is 0 Å². The Morgan fingerprint density at radius 2 is 1.93 bits per heavy atom. The Kier molecular flexibility index (Phi) is 6.74. The molecule has 0 bridgehead atoms. The first-order valence-electron chi connectivity index (χ1n) is 6.53. The number of hydrogen-bond donors (Lipinski definition) is 1. The van der Waals surface area contributed by atoms with Crippen molar-refractivity contribution in [3.05, 3.63) is 0 Å². The topological polar surface area (TPSA) is 12.0 Å². The lowest BCUT2D eigenvalue weighted by Gasteiger charge is -2.24. The van der Waals surface area contributed by atoms with Gasteiger partial charge in [0.05, 0.1) is 0 Å². The number of hydrogen-bond acceptors (Lipinski definition) is 2. The predicted octanol–water partition coefficient (Wildman–Crippen LogP) is 3.69. The van der Waals surface area contributed by atoms with Gasteiger partial charge in [0.15, 0.2) is 0 Å². The molecule has 2 atom stereocenters. The molecule has 1 aliphatic carbocycles. The molecule has 1 rings (SSSR count). The van der Waals surface area contributed by atoms with Gasteiger partial charge in [-0.15, -0.1) is 0 Å². The first-order chi connectivity index (χ1) is 7.24. The molecule has 0 aromatic heterocycles. The molecule has 0 saturated heterocycles. The summed E-state index contributed by atoms with van der Waals surface area (Å²) in [5.41, 5.74) is 0. The summed E-state index contributed by atoms with van der Waals surface area (Å²) in [7, 11) is 2.13. The van der Waals surface area contributed by atoms with Crippen molar-refractivity contribution in [1.29, 1.82) is 0 Å². The van der Waals surface area contributed by atoms with Gasteiger partial charge in [0.25, 0.3) is 0 Å². The minimum Gasteiger partial charge on any atom is -0.316 e. The molecule has 1 N–H and O–H groups in total. The zero-order chi connectivity index (χ0) is 11.1. The molecular weight excluding hydrogens is 202 g/mol. The molecule has 0 radical (unpaired) electrons. The van der Waals surface area contributed by atoms with Gasteiger partial charge in [0.1, 0.15) is 0 Å². The predicted molar refractivity (Wildman–Crippen MR) is 71.6 cm³/mol. The molecule has 0 aromatic carbocycles. The van der Waals surface area contributed by atoms with Crippen LogP contribution in [0.2, 0.25) is 0 Å². The highest BCUT2D eigenvalue weighted by Crippen LogP contribution is 2.28. The Morgan fingerprint density at radius 1 is 1.20 bits per heavy atom. The van der Waals surface area contributed by atoms with Gasteiger partial charge >= 0.3 is 0 Å². The Hall–Kier alpha value is 0.310. The van der Waals surface area contributed by atoms with Crippen molar-refractivity contribution in [1.82, 2.24) is 5.32 Å². The second-order valence-corrected chi connectivity index (χ2v) is 6.47. The van der Waals surface area contributed by atoms with Crippen LogP contribution >= 0.6 is 11.8 Å². The van der Waals surface area contributed by atoms with E-state index in [1.165, 1.54) is 44.3 Å². The van der Waals surface area contributed by atoms with Crippen LogP contribution in [0.25, 0.3) is 0 Å². The van der Waals surface area contributed by atoms with Crippen molar-refractivity contribution in [2.24, 2.45) is 5.92 Å². The molecule has 1 aliphatic rings. The van der Waals surface area contributed by atoms with E-state index in [2.05, 4.69) is 38.0 Å². The average Bonchev–Trinajstić information content (AvgIpc) is 2.42. The van der Waals surface area contributed by atoms with E-state index < -0.39 is 0 Å². The van der Waals surface area contributed by atoms with Crippen molar-refractivity contribution < 1.29 is 0 Å². The molecule has 0 amide bonds. The Morgan fingerprint density at radius 3 is 2.60 bits per heavy atom. The smallest absolute Gasteiger partial charge is 0.0201 e. The highest BCUT2D eigenvalue weighted by atomic mass is 32.2. The summed E-state index contributed by atoms with van der Waals surface area (Å²) in [6.45, 7) is 4.65. The van der Waals surface area contributed by atoms with Gasteiger partial charge in [0, 0.05) is 11.3 Å². The van der Waals surface area contributed by atoms with E-state index in [-0.39, 0.29) is 0 Å². The van der Waals surface area contributed by atoms with Crippen molar-refractivity contribution in [2.75, 3.05) is 12.8 Å². The second kappa shape index (κ2) is 7.56. The van der Waals surface area contributed by atoms with Gasteiger partial charge in [-0.05, 0) is 38.0 Å². The summed E-state index contributed by atoms with van der Waals surface area (Å²) < 4.78 is 0. The third kappa shape index (κ3) is 5.26. The van der Waals surface area contributed by atoms with Gasteiger partial charge in [-0.25, -0.2) is 0 Å². The molecule has 0 aliphatic heterocycles. The Labute approximate surface area is 99.8 Å². The van der Waals surface area contributed by atoms with Gasteiger partial charge in [0.2, 0.25) is 0 Å². The van der Waals surface area contributed by atoms with Crippen LogP contribution < -0.4 is 5.32 Å². The monoisotopic (exact) mass is 229 g/mol. The highest BCUT2D eigenvalue weighted by molar-refractivity contribution is 7.99. The fraction of sp³-hybridized carbons (Fsp3) is 1.00. The normalized spacial score (nSPS) is 28.0. The van der Waals surface area contributed by atoms with E-state index in [1.807, 2.05) is 0 Å². The van der Waals surface area contributed by atoms with Crippen LogP contribution in [-0.2, 0) is 0 Å². The van der Waals surface area contributed by atoms with Gasteiger partial charge in [-0.1, -0.05) is 33.1 Å².